The molecule has 0 bridgehead atoms. The molecule has 0 aromatic heterocycles. The van der Waals surface area contributed by atoms with Crippen molar-refractivity contribution in [1.29, 1.82) is 0 Å². The van der Waals surface area contributed by atoms with E-state index >= 15 is 0 Å². The molecule has 3 aromatic carbocycles. The Morgan fingerprint density at radius 2 is 1.28 bits per heavy atom. The minimum absolute atomic E-state index is 0.0536. The van der Waals surface area contributed by atoms with Crippen LogP contribution in [-0.4, -0.2) is 10.9 Å². The van der Waals surface area contributed by atoms with E-state index < -0.39 is 6.04 Å². The summed E-state index contributed by atoms with van der Waals surface area (Å²) in [6, 6.07) is 26.1. The molecule has 3 aromatic rings. The third kappa shape index (κ3) is 2.70. The Morgan fingerprint density at radius 1 is 0.720 bits per heavy atom. The molecule has 1 atom stereocenters. The standard InChI is InChI=1S/C22H17NO2/c24-21-17-13-7-8-14-18(17)22(25)19(21)20(15-9-3-1-4-10-15)23-16-11-5-2-6-12-16/h1-14,20,23-24H. The van der Waals surface area contributed by atoms with Crippen LogP contribution in [0.4, 0.5) is 5.69 Å². The van der Waals surface area contributed by atoms with Crippen LogP contribution in [-0.2, 0) is 0 Å². The largest absolute Gasteiger partial charge is 0.507 e. The average Bonchev–Trinajstić information content (AvgIpc) is 2.93. The Bertz CT molecular complexity index is 946. The van der Waals surface area contributed by atoms with E-state index in [1.165, 1.54) is 0 Å². The normalized spacial score (nSPS) is 14.3. The Balaban J connectivity index is 1.82. The van der Waals surface area contributed by atoms with Crippen LogP contribution in [0.25, 0.3) is 5.76 Å². The highest BCUT2D eigenvalue weighted by atomic mass is 16.3. The van der Waals surface area contributed by atoms with E-state index in [9.17, 15) is 9.90 Å². The molecule has 3 nitrogen and oxygen atoms in total. The number of anilines is 1. The van der Waals surface area contributed by atoms with Crippen molar-refractivity contribution in [3.05, 3.63) is 107 Å². The summed E-state index contributed by atoms with van der Waals surface area (Å²) >= 11 is 0. The van der Waals surface area contributed by atoms with Crippen molar-refractivity contribution in [1.82, 2.24) is 0 Å². The highest BCUT2D eigenvalue weighted by molar-refractivity contribution is 6.20. The number of rotatable bonds is 4. The second-order valence-electron chi connectivity index (χ2n) is 5.99. The first-order chi connectivity index (χ1) is 12.3. The lowest BCUT2D eigenvalue weighted by molar-refractivity contribution is 0.103. The summed E-state index contributed by atoms with van der Waals surface area (Å²) in [5.41, 5.74) is 3.34. The zero-order chi connectivity index (χ0) is 17.2. The summed E-state index contributed by atoms with van der Waals surface area (Å²) in [7, 11) is 0. The fourth-order valence-corrected chi connectivity index (χ4v) is 3.22. The number of nitrogens with one attached hydrogen (secondary N) is 1. The average molecular weight is 327 g/mol. The van der Waals surface area contributed by atoms with Crippen LogP contribution in [0.1, 0.15) is 27.5 Å². The molecule has 1 aliphatic carbocycles. The van der Waals surface area contributed by atoms with E-state index in [-0.39, 0.29) is 11.5 Å². The van der Waals surface area contributed by atoms with Crippen LogP contribution in [0.15, 0.2) is 90.5 Å². The van der Waals surface area contributed by atoms with Gasteiger partial charge in [0.2, 0.25) is 0 Å². The highest BCUT2D eigenvalue weighted by Crippen LogP contribution is 2.39. The lowest BCUT2D eigenvalue weighted by Crippen LogP contribution is -2.18. The van der Waals surface area contributed by atoms with Crippen molar-refractivity contribution in [3.63, 3.8) is 0 Å². The Labute approximate surface area is 146 Å². The minimum atomic E-state index is -0.427. The minimum Gasteiger partial charge on any atom is -0.507 e. The molecule has 0 spiro atoms. The van der Waals surface area contributed by atoms with Gasteiger partial charge in [-0.1, -0.05) is 72.8 Å². The van der Waals surface area contributed by atoms with E-state index in [1.807, 2.05) is 72.8 Å². The first-order valence-electron chi connectivity index (χ1n) is 8.19. The third-order valence-electron chi connectivity index (χ3n) is 4.43. The molecular weight excluding hydrogens is 310 g/mol. The zero-order valence-electron chi connectivity index (χ0n) is 13.5. The molecule has 1 unspecified atom stereocenters. The second kappa shape index (κ2) is 6.29. The van der Waals surface area contributed by atoms with Gasteiger partial charge in [-0.25, -0.2) is 0 Å². The molecule has 0 saturated heterocycles. The van der Waals surface area contributed by atoms with Gasteiger partial charge in [-0.2, -0.15) is 0 Å². The number of benzene rings is 3. The van der Waals surface area contributed by atoms with Crippen molar-refractivity contribution in [2.45, 2.75) is 6.04 Å². The van der Waals surface area contributed by atoms with Gasteiger partial charge in [0.25, 0.3) is 0 Å². The molecule has 3 heteroatoms. The van der Waals surface area contributed by atoms with Gasteiger partial charge in [0.05, 0.1) is 11.6 Å². The molecule has 0 amide bonds. The van der Waals surface area contributed by atoms with E-state index in [0.717, 1.165) is 11.3 Å². The predicted octanol–water partition coefficient (Wildman–Crippen LogP) is 5.01. The van der Waals surface area contributed by atoms with Crippen molar-refractivity contribution >= 4 is 17.2 Å². The molecule has 4 rings (SSSR count). The van der Waals surface area contributed by atoms with Crippen LogP contribution in [0.5, 0.6) is 0 Å². The number of hydrogen-bond acceptors (Lipinski definition) is 3. The number of hydrogen-bond donors (Lipinski definition) is 2. The van der Waals surface area contributed by atoms with Gasteiger partial charge in [0.1, 0.15) is 5.76 Å². The lowest BCUT2D eigenvalue weighted by Gasteiger charge is -2.21. The van der Waals surface area contributed by atoms with Crippen molar-refractivity contribution in [2.24, 2.45) is 0 Å². The van der Waals surface area contributed by atoms with Crippen molar-refractivity contribution in [2.75, 3.05) is 5.32 Å². The van der Waals surface area contributed by atoms with E-state index in [0.29, 0.717) is 16.7 Å². The van der Waals surface area contributed by atoms with Gasteiger partial charge >= 0.3 is 0 Å². The van der Waals surface area contributed by atoms with Crippen LogP contribution in [0.3, 0.4) is 0 Å². The molecule has 0 radical (unpaired) electrons. The Morgan fingerprint density at radius 3 is 1.92 bits per heavy atom. The van der Waals surface area contributed by atoms with Gasteiger partial charge in [0, 0.05) is 16.8 Å². The summed E-state index contributed by atoms with van der Waals surface area (Å²) < 4.78 is 0. The number of aliphatic hydroxyl groups is 1. The Kier molecular flexibility index (Phi) is 3.82. The van der Waals surface area contributed by atoms with Crippen LogP contribution < -0.4 is 5.32 Å². The third-order valence-corrected chi connectivity index (χ3v) is 4.43. The second-order valence-corrected chi connectivity index (χ2v) is 5.99. The monoisotopic (exact) mass is 327 g/mol. The SMILES string of the molecule is O=C1C(C(Nc2ccccc2)c2ccccc2)=C(O)c2ccccc21. The number of aliphatic hydroxyl groups excluding tert-OH is 1. The van der Waals surface area contributed by atoms with E-state index in [4.69, 9.17) is 0 Å². The summed E-state index contributed by atoms with van der Waals surface area (Å²) in [6.07, 6.45) is 0. The lowest BCUT2D eigenvalue weighted by atomic mass is 9.95. The molecule has 25 heavy (non-hydrogen) atoms. The fourth-order valence-electron chi connectivity index (χ4n) is 3.22. The fraction of sp³-hybridized carbons (Fsp3) is 0.0455. The van der Waals surface area contributed by atoms with Gasteiger partial charge in [0.15, 0.2) is 5.78 Å². The smallest absolute Gasteiger partial charge is 0.195 e. The van der Waals surface area contributed by atoms with Crippen LogP contribution >= 0.6 is 0 Å². The zero-order valence-corrected chi connectivity index (χ0v) is 13.5. The number of carbonyl (C=O) groups excluding carboxylic acids is 1. The maximum atomic E-state index is 13.0. The van der Waals surface area contributed by atoms with E-state index in [2.05, 4.69) is 5.32 Å². The number of Topliss-reactive ketones (excluding diaryl/α,β-unsaturated/α-hetero) is 1. The topological polar surface area (TPSA) is 49.3 Å². The quantitative estimate of drug-likeness (QED) is 0.708. The number of ketones is 1. The first-order valence-corrected chi connectivity index (χ1v) is 8.19. The van der Waals surface area contributed by atoms with Gasteiger partial charge in [-0.3, -0.25) is 4.79 Å². The molecule has 0 saturated carbocycles. The van der Waals surface area contributed by atoms with Gasteiger partial charge in [-0.15, -0.1) is 0 Å². The van der Waals surface area contributed by atoms with Gasteiger partial charge < -0.3 is 10.4 Å². The molecule has 0 heterocycles. The summed E-state index contributed by atoms with van der Waals surface area (Å²) in [4.78, 5) is 13.0. The van der Waals surface area contributed by atoms with Crippen LogP contribution in [0, 0.1) is 0 Å². The van der Waals surface area contributed by atoms with Crippen LogP contribution in [0.2, 0.25) is 0 Å². The molecule has 0 fully saturated rings. The summed E-state index contributed by atoms with van der Waals surface area (Å²) in [5, 5.41) is 14.1. The van der Waals surface area contributed by atoms with E-state index in [1.54, 1.807) is 12.1 Å². The number of fused-ring (bicyclic) bond motifs is 1. The maximum absolute atomic E-state index is 13.0. The van der Waals surface area contributed by atoms with Crippen molar-refractivity contribution < 1.29 is 9.90 Å². The van der Waals surface area contributed by atoms with Gasteiger partial charge in [-0.05, 0) is 17.7 Å². The maximum Gasteiger partial charge on any atom is 0.195 e. The highest BCUT2D eigenvalue weighted by Gasteiger charge is 2.35. The summed E-state index contributed by atoms with van der Waals surface area (Å²) in [6.45, 7) is 0. The number of para-hydroxylation sites is 1. The first kappa shape index (κ1) is 15.2. The molecule has 1 aliphatic rings. The predicted molar refractivity (Wildman–Crippen MR) is 99.6 cm³/mol. The molecule has 122 valence electrons. The van der Waals surface area contributed by atoms with Crippen molar-refractivity contribution in [3.8, 4) is 0 Å². The Hall–Kier alpha value is -3.33. The molecular formula is C22H17NO2. The number of carbonyl (C=O) groups is 1. The summed E-state index contributed by atoms with van der Waals surface area (Å²) in [5.74, 6) is -0.0803. The molecule has 0 aliphatic heterocycles. The molecule has 2 N–H and O–H groups in total.